The summed E-state index contributed by atoms with van der Waals surface area (Å²) < 4.78 is 33.5. The normalized spacial score (nSPS) is 22.7. The number of piperidine rings is 1. The molecule has 2 fully saturated rings. The largest absolute Gasteiger partial charge is 0.450 e. The van der Waals surface area contributed by atoms with E-state index in [-0.39, 0.29) is 31.5 Å². The molecule has 0 aromatic rings. The summed E-state index contributed by atoms with van der Waals surface area (Å²) in [4.78, 5) is 25.4. The van der Waals surface area contributed by atoms with Gasteiger partial charge in [-0.1, -0.05) is 6.08 Å². The van der Waals surface area contributed by atoms with Crippen LogP contribution in [0.25, 0.3) is 0 Å². The Morgan fingerprint density at radius 2 is 1.88 bits per heavy atom. The summed E-state index contributed by atoms with van der Waals surface area (Å²) in [5.41, 5.74) is 0. The van der Waals surface area contributed by atoms with E-state index in [0.29, 0.717) is 45.6 Å². The van der Waals surface area contributed by atoms with E-state index in [9.17, 15) is 18.0 Å². The summed E-state index contributed by atoms with van der Waals surface area (Å²) in [5.74, 6) is -0.490. The Hall–Kier alpha value is -1.65. The zero-order valence-corrected chi connectivity index (χ0v) is 16.0. The number of hydrogen-bond donors (Lipinski definition) is 1. The van der Waals surface area contributed by atoms with E-state index >= 15 is 0 Å². The zero-order chi connectivity index (χ0) is 19.2. The lowest BCUT2D eigenvalue weighted by Crippen LogP contribution is -2.56. The number of ether oxygens (including phenoxy) is 1. The topological polar surface area (TPSA) is 99.3 Å². The Kier molecular flexibility index (Phi) is 7.42. The molecule has 0 bridgehead atoms. The molecule has 0 saturated carbocycles. The van der Waals surface area contributed by atoms with Crippen LogP contribution in [-0.2, 0) is 19.7 Å². The fourth-order valence-electron chi connectivity index (χ4n) is 3.16. The molecule has 2 aliphatic rings. The first kappa shape index (κ1) is 20.7. The van der Waals surface area contributed by atoms with Crippen molar-refractivity contribution in [3.8, 4) is 0 Å². The first-order valence-corrected chi connectivity index (χ1v) is 10.3. The molecule has 10 heteroatoms. The van der Waals surface area contributed by atoms with Gasteiger partial charge in [0.15, 0.2) is 0 Å². The number of nitrogens with one attached hydrogen (secondary N) is 1. The van der Waals surface area contributed by atoms with Gasteiger partial charge in [0, 0.05) is 45.8 Å². The summed E-state index contributed by atoms with van der Waals surface area (Å²) in [6, 6.07) is 0. The Morgan fingerprint density at radius 3 is 2.50 bits per heavy atom. The lowest BCUT2D eigenvalue weighted by molar-refractivity contribution is -0.125. The number of amides is 2. The molecular formula is C16H28N4O5S. The highest BCUT2D eigenvalue weighted by atomic mass is 32.2. The highest BCUT2D eigenvalue weighted by Gasteiger charge is 2.37. The summed E-state index contributed by atoms with van der Waals surface area (Å²) in [6.45, 7) is 7.60. The highest BCUT2D eigenvalue weighted by Crippen LogP contribution is 2.22. The number of nitrogens with zero attached hydrogens (tertiary/aromatic N) is 3. The standard InChI is InChI=1S/C16H28N4O5S/c1-3-7-17-15(21)14-6-5-8-20(13-14)26(23,24)19-11-9-18(10-12-19)16(22)25-4-2/h3,14H,1,4-13H2,2H3,(H,17,21). The van der Waals surface area contributed by atoms with Gasteiger partial charge in [-0.3, -0.25) is 4.79 Å². The van der Waals surface area contributed by atoms with Crippen LogP contribution < -0.4 is 5.32 Å². The van der Waals surface area contributed by atoms with Crippen LogP contribution >= 0.6 is 0 Å². The summed E-state index contributed by atoms with van der Waals surface area (Å²) in [5, 5.41) is 2.73. The van der Waals surface area contributed by atoms with Crippen molar-refractivity contribution >= 4 is 22.2 Å². The molecule has 2 amide bonds. The van der Waals surface area contributed by atoms with Crippen LogP contribution in [0.2, 0.25) is 0 Å². The van der Waals surface area contributed by atoms with E-state index in [1.807, 2.05) is 0 Å². The van der Waals surface area contributed by atoms with Crippen LogP contribution in [0.4, 0.5) is 4.79 Å². The highest BCUT2D eigenvalue weighted by molar-refractivity contribution is 7.86. The van der Waals surface area contributed by atoms with Crippen LogP contribution in [-0.4, -0.2) is 86.3 Å². The third-order valence-corrected chi connectivity index (χ3v) is 6.59. The number of carbonyl (C=O) groups excluding carboxylic acids is 2. The second-order valence-corrected chi connectivity index (χ2v) is 8.25. The second-order valence-electron chi connectivity index (χ2n) is 6.32. The molecule has 0 aromatic carbocycles. The molecule has 1 atom stereocenters. The van der Waals surface area contributed by atoms with Gasteiger partial charge in [-0.15, -0.1) is 6.58 Å². The molecule has 0 aromatic heterocycles. The second kappa shape index (κ2) is 9.33. The van der Waals surface area contributed by atoms with Gasteiger partial charge in [0.2, 0.25) is 5.91 Å². The van der Waals surface area contributed by atoms with Crippen molar-refractivity contribution in [3.05, 3.63) is 12.7 Å². The molecule has 2 saturated heterocycles. The van der Waals surface area contributed by atoms with E-state index < -0.39 is 16.3 Å². The molecular weight excluding hydrogens is 360 g/mol. The quantitative estimate of drug-likeness (QED) is 0.647. The Balaban J connectivity index is 1.94. The SMILES string of the molecule is C=CCNC(=O)C1CCCN(S(=O)(=O)N2CCN(C(=O)OCC)CC2)C1. The fourth-order valence-corrected chi connectivity index (χ4v) is 4.84. The summed E-state index contributed by atoms with van der Waals surface area (Å²) in [6.07, 6.45) is 2.50. The first-order valence-electron chi connectivity index (χ1n) is 8.95. The molecule has 26 heavy (non-hydrogen) atoms. The van der Waals surface area contributed by atoms with Crippen LogP contribution in [0.1, 0.15) is 19.8 Å². The van der Waals surface area contributed by atoms with Crippen molar-refractivity contribution in [1.29, 1.82) is 0 Å². The van der Waals surface area contributed by atoms with Crippen molar-refractivity contribution < 1.29 is 22.7 Å². The van der Waals surface area contributed by atoms with E-state index in [0.717, 1.165) is 0 Å². The van der Waals surface area contributed by atoms with Gasteiger partial charge in [-0.2, -0.15) is 17.0 Å². The van der Waals surface area contributed by atoms with Crippen LogP contribution in [0, 0.1) is 5.92 Å². The van der Waals surface area contributed by atoms with E-state index in [1.54, 1.807) is 13.0 Å². The monoisotopic (exact) mass is 388 g/mol. The third kappa shape index (κ3) is 4.95. The van der Waals surface area contributed by atoms with Crippen LogP contribution in [0.3, 0.4) is 0 Å². The molecule has 1 N–H and O–H groups in total. The van der Waals surface area contributed by atoms with Gasteiger partial charge in [0.1, 0.15) is 0 Å². The van der Waals surface area contributed by atoms with Crippen molar-refractivity contribution in [2.75, 3.05) is 52.4 Å². The van der Waals surface area contributed by atoms with Crippen molar-refractivity contribution in [1.82, 2.24) is 18.8 Å². The van der Waals surface area contributed by atoms with E-state index in [2.05, 4.69) is 11.9 Å². The fraction of sp³-hybridized carbons (Fsp3) is 0.750. The van der Waals surface area contributed by atoms with Crippen molar-refractivity contribution in [2.24, 2.45) is 5.92 Å². The van der Waals surface area contributed by atoms with Crippen molar-refractivity contribution in [2.45, 2.75) is 19.8 Å². The lowest BCUT2D eigenvalue weighted by Gasteiger charge is -2.38. The van der Waals surface area contributed by atoms with Crippen LogP contribution in [0.15, 0.2) is 12.7 Å². The smallest absolute Gasteiger partial charge is 0.409 e. The molecule has 0 spiro atoms. The molecule has 2 aliphatic heterocycles. The number of carbonyl (C=O) groups is 2. The predicted molar refractivity (Wildman–Crippen MR) is 96.6 cm³/mol. The maximum absolute atomic E-state index is 12.9. The molecule has 0 aliphatic carbocycles. The molecule has 148 valence electrons. The third-order valence-electron chi connectivity index (χ3n) is 4.59. The molecule has 1 unspecified atom stereocenters. The summed E-state index contributed by atoms with van der Waals surface area (Å²) in [7, 11) is -3.65. The van der Waals surface area contributed by atoms with Gasteiger partial charge in [-0.25, -0.2) is 4.79 Å². The molecule has 2 rings (SSSR count). The van der Waals surface area contributed by atoms with Crippen LogP contribution in [0.5, 0.6) is 0 Å². The predicted octanol–water partition coefficient (Wildman–Crippen LogP) is 0.0195. The molecule has 2 heterocycles. The van der Waals surface area contributed by atoms with Gasteiger partial charge in [0.05, 0.1) is 12.5 Å². The van der Waals surface area contributed by atoms with Gasteiger partial charge in [-0.05, 0) is 19.8 Å². The average molecular weight is 388 g/mol. The van der Waals surface area contributed by atoms with Gasteiger partial charge in [0.25, 0.3) is 10.2 Å². The molecule has 0 radical (unpaired) electrons. The van der Waals surface area contributed by atoms with Gasteiger partial charge < -0.3 is 15.0 Å². The maximum atomic E-state index is 12.9. The van der Waals surface area contributed by atoms with Crippen molar-refractivity contribution in [3.63, 3.8) is 0 Å². The zero-order valence-electron chi connectivity index (χ0n) is 15.2. The minimum absolute atomic E-state index is 0.142. The minimum Gasteiger partial charge on any atom is -0.450 e. The maximum Gasteiger partial charge on any atom is 0.409 e. The number of piperazine rings is 1. The van der Waals surface area contributed by atoms with E-state index in [1.165, 1.54) is 13.5 Å². The number of rotatable bonds is 6. The Bertz CT molecular complexity index is 616. The molecule has 9 nitrogen and oxygen atoms in total. The Labute approximate surface area is 155 Å². The summed E-state index contributed by atoms with van der Waals surface area (Å²) >= 11 is 0. The lowest BCUT2D eigenvalue weighted by atomic mass is 9.99. The van der Waals surface area contributed by atoms with Gasteiger partial charge >= 0.3 is 6.09 Å². The average Bonchev–Trinajstić information content (AvgIpc) is 2.66. The number of hydrogen-bond acceptors (Lipinski definition) is 5. The Morgan fingerprint density at radius 1 is 1.19 bits per heavy atom. The van der Waals surface area contributed by atoms with E-state index in [4.69, 9.17) is 4.74 Å². The minimum atomic E-state index is -3.65. The first-order chi connectivity index (χ1) is 12.4.